The summed E-state index contributed by atoms with van der Waals surface area (Å²) in [5, 5.41) is 12.7. The van der Waals surface area contributed by atoms with E-state index >= 15 is 0 Å². The van der Waals surface area contributed by atoms with Crippen LogP contribution in [-0.2, 0) is 4.79 Å². The standard InChI is InChI=1S/C15H10BrClIN3O4/c16-11-5-9(18)4-8(13(11)25-7-12(22)23)6-20-21-15(24)10-2-1-3-19-14(10)17/h1-6H,7H2,(H,21,24)(H,22,23). The van der Waals surface area contributed by atoms with Crippen LogP contribution in [0.4, 0.5) is 0 Å². The maximum Gasteiger partial charge on any atom is 0.341 e. The number of hydrazone groups is 1. The Balaban J connectivity index is 2.18. The molecule has 0 aliphatic rings. The van der Waals surface area contributed by atoms with Crippen molar-refractivity contribution < 1.29 is 19.4 Å². The molecule has 130 valence electrons. The average molecular weight is 539 g/mol. The molecule has 0 radical (unpaired) electrons. The number of aromatic nitrogens is 1. The molecule has 2 aromatic rings. The second kappa shape index (κ2) is 9.11. The Morgan fingerprint density at radius 1 is 1.48 bits per heavy atom. The molecule has 0 unspecified atom stereocenters. The van der Waals surface area contributed by atoms with E-state index in [9.17, 15) is 9.59 Å². The third-order valence-corrected chi connectivity index (χ3v) is 4.26. The van der Waals surface area contributed by atoms with Crippen molar-refractivity contribution in [1.82, 2.24) is 10.4 Å². The highest BCUT2D eigenvalue weighted by Gasteiger charge is 2.12. The van der Waals surface area contributed by atoms with Crippen LogP contribution in [-0.4, -0.2) is 34.8 Å². The number of carboxylic acid groups (broad SMARTS) is 1. The molecule has 1 aromatic carbocycles. The summed E-state index contributed by atoms with van der Waals surface area (Å²) in [4.78, 5) is 26.5. The van der Waals surface area contributed by atoms with Crippen LogP contribution in [0, 0.1) is 3.57 Å². The number of carbonyl (C=O) groups is 2. The van der Waals surface area contributed by atoms with E-state index in [4.69, 9.17) is 21.4 Å². The summed E-state index contributed by atoms with van der Waals surface area (Å²) in [6, 6.07) is 6.60. The molecule has 2 rings (SSSR count). The van der Waals surface area contributed by atoms with Crippen molar-refractivity contribution in [3.8, 4) is 5.75 Å². The Labute approximate surface area is 169 Å². The van der Waals surface area contributed by atoms with Crippen molar-refractivity contribution in [2.75, 3.05) is 6.61 Å². The summed E-state index contributed by atoms with van der Waals surface area (Å²) in [7, 11) is 0. The molecule has 1 aromatic heterocycles. The first-order chi connectivity index (χ1) is 11.9. The summed E-state index contributed by atoms with van der Waals surface area (Å²) < 4.78 is 6.70. The zero-order valence-corrected chi connectivity index (χ0v) is 16.9. The molecule has 2 N–H and O–H groups in total. The maximum atomic E-state index is 12.0. The molecule has 0 aliphatic heterocycles. The predicted octanol–water partition coefficient (Wildman–Crippen LogP) is 3.33. The third kappa shape index (κ3) is 5.65. The highest BCUT2D eigenvalue weighted by atomic mass is 127. The molecule has 0 bridgehead atoms. The Kier molecular flexibility index (Phi) is 7.14. The summed E-state index contributed by atoms with van der Waals surface area (Å²) in [5.41, 5.74) is 3.02. The molecular formula is C15H10BrClIN3O4. The van der Waals surface area contributed by atoms with Gasteiger partial charge in [0.2, 0.25) is 0 Å². The first-order valence-electron chi connectivity index (χ1n) is 6.66. The number of nitrogens with zero attached hydrogens (tertiary/aromatic N) is 2. The maximum absolute atomic E-state index is 12.0. The van der Waals surface area contributed by atoms with Crippen molar-refractivity contribution in [1.29, 1.82) is 0 Å². The molecule has 1 amide bonds. The van der Waals surface area contributed by atoms with Gasteiger partial charge in [-0.3, -0.25) is 4.79 Å². The summed E-state index contributed by atoms with van der Waals surface area (Å²) >= 11 is 11.3. The molecule has 0 aliphatic carbocycles. The van der Waals surface area contributed by atoms with Gasteiger partial charge in [-0.05, 0) is 62.8 Å². The number of benzene rings is 1. The Bertz CT molecular complexity index is 848. The number of nitrogens with one attached hydrogen (secondary N) is 1. The largest absolute Gasteiger partial charge is 0.480 e. The Hall–Kier alpha value is -1.72. The molecular weight excluding hydrogens is 528 g/mol. The van der Waals surface area contributed by atoms with Crippen LogP contribution in [0.15, 0.2) is 40.0 Å². The van der Waals surface area contributed by atoms with Crippen LogP contribution < -0.4 is 10.2 Å². The quantitative estimate of drug-likeness (QED) is 0.254. The number of carboxylic acids is 1. The van der Waals surface area contributed by atoms with Gasteiger partial charge in [0.1, 0.15) is 10.9 Å². The van der Waals surface area contributed by atoms with Gasteiger partial charge in [0.25, 0.3) is 5.91 Å². The number of ether oxygens (including phenoxy) is 1. The van der Waals surface area contributed by atoms with Gasteiger partial charge < -0.3 is 9.84 Å². The van der Waals surface area contributed by atoms with Crippen molar-refractivity contribution in [3.05, 3.63) is 54.8 Å². The van der Waals surface area contributed by atoms with Gasteiger partial charge in [0.05, 0.1) is 16.3 Å². The minimum atomic E-state index is -1.10. The van der Waals surface area contributed by atoms with Gasteiger partial charge in [-0.2, -0.15) is 5.10 Å². The van der Waals surface area contributed by atoms with E-state index in [1.807, 2.05) is 0 Å². The van der Waals surface area contributed by atoms with E-state index in [-0.39, 0.29) is 10.7 Å². The van der Waals surface area contributed by atoms with Gasteiger partial charge in [-0.15, -0.1) is 0 Å². The van der Waals surface area contributed by atoms with Gasteiger partial charge in [0.15, 0.2) is 6.61 Å². The van der Waals surface area contributed by atoms with Crippen LogP contribution in [0.5, 0.6) is 5.75 Å². The Morgan fingerprint density at radius 2 is 2.24 bits per heavy atom. The topological polar surface area (TPSA) is 101 Å². The van der Waals surface area contributed by atoms with Crippen LogP contribution in [0.25, 0.3) is 0 Å². The Morgan fingerprint density at radius 3 is 2.92 bits per heavy atom. The number of pyridine rings is 1. The number of hydrogen-bond donors (Lipinski definition) is 2. The van der Waals surface area contributed by atoms with Crippen molar-refractivity contribution in [2.45, 2.75) is 0 Å². The van der Waals surface area contributed by atoms with E-state index in [1.54, 1.807) is 18.2 Å². The molecule has 0 saturated carbocycles. The van der Waals surface area contributed by atoms with Crippen LogP contribution in [0.2, 0.25) is 5.15 Å². The lowest BCUT2D eigenvalue weighted by molar-refractivity contribution is -0.139. The summed E-state index contributed by atoms with van der Waals surface area (Å²) in [6.45, 7) is -0.502. The number of hydrogen-bond acceptors (Lipinski definition) is 5. The van der Waals surface area contributed by atoms with E-state index in [0.717, 1.165) is 3.57 Å². The van der Waals surface area contributed by atoms with Gasteiger partial charge in [0, 0.05) is 15.3 Å². The first kappa shape index (κ1) is 19.6. The summed E-state index contributed by atoms with van der Waals surface area (Å²) in [5.74, 6) is -1.32. The smallest absolute Gasteiger partial charge is 0.341 e. The lowest BCUT2D eigenvalue weighted by Crippen LogP contribution is -2.18. The number of aliphatic carboxylic acids is 1. The second-order valence-corrected chi connectivity index (χ2v) is 6.99. The average Bonchev–Trinajstić information content (AvgIpc) is 2.53. The van der Waals surface area contributed by atoms with Crippen molar-refractivity contribution in [3.63, 3.8) is 0 Å². The fourth-order valence-electron chi connectivity index (χ4n) is 1.74. The molecule has 7 nitrogen and oxygen atoms in total. The molecule has 0 atom stereocenters. The van der Waals surface area contributed by atoms with E-state index < -0.39 is 18.5 Å². The van der Waals surface area contributed by atoms with Crippen LogP contribution >= 0.6 is 50.1 Å². The van der Waals surface area contributed by atoms with Gasteiger partial charge >= 0.3 is 5.97 Å². The van der Waals surface area contributed by atoms with Crippen molar-refractivity contribution >= 4 is 68.2 Å². The highest BCUT2D eigenvalue weighted by Crippen LogP contribution is 2.30. The lowest BCUT2D eigenvalue weighted by atomic mass is 10.2. The zero-order chi connectivity index (χ0) is 18.4. The highest BCUT2D eigenvalue weighted by molar-refractivity contribution is 14.1. The zero-order valence-electron chi connectivity index (χ0n) is 12.4. The van der Waals surface area contributed by atoms with E-state index in [0.29, 0.717) is 15.8 Å². The minimum Gasteiger partial charge on any atom is -0.480 e. The lowest BCUT2D eigenvalue weighted by Gasteiger charge is -2.10. The number of amides is 1. The molecule has 0 fully saturated rings. The number of halogens is 3. The SMILES string of the molecule is O=C(O)COc1c(Br)cc(I)cc1C=NNC(=O)c1cccnc1Cl. The van der Waals surface area contributed by atoms with Gasteiger partial charge in [-0.1, -0.05) is 11.6 Å². The second-order valence-electron chi connectivity index (χ2n) is 4.53. The minimum absolute atomic E-state index is 0.0673. The molecule has 0 saturated heterocycles. The fourth-order valence-corrected chi connectivity index (χ4v) is 3.61. The van der Waals surface area contributed by atoms with Crippen molar-refractivity contribution in [2.24, 2.45) is 5.10 Å². The fraction of sp³-hybridized carbons (Fsp3) is 0.0667. The molecule has 25 heavy (non-hydrogen) atoms. The summed E-state index contributed by atoms with van der Waals surface area (Å²) in [6.07, 6.45) is 2.82. The number of carbonyl (C=O) groups excluding carboxylic acids is 1. The van der Waals surface area contributed by atoms with Crippen LogP contribution in [0.1, 0.15) is 15.9 Å². The van der Waals surface area contributed by atoms with Crippen LogP contribution in [0.3, 0.4) is 0 Å². The number of rotatable bonds is 6. The molecule has 10 heteroatoms. The third-order valence-electron chi connectivity index (χ3n) is 2.75. The predicted molar refractivity (Wildman–Crippen MR) is 104 cm³/mol. The van der Waals surface area contributed by atoms with E-state index in [2.05, 4.69) is 54.0 Å². The normalized spacial score (nSPS) is 10.7. The van der Waals surface area contributed by atoms with Gasteiger partial charge in [-0.25, -0.2) is 15.2 Å². The first-order valence-corrected chi connectivity index (χ1v) is 8.91. The van der Waals surface area contributed by atoms with E-state index in [1.165, 1.54) is 18.5 Å². The molecule has 1 heterocycles. The monoisotopic (exact) mass is 537 g/mol. The molecule has 0 spiro atoms.